The van der Waals surface area contributed by atoms with Crippen molar-refractivity contribution in [2.75, 3.05) is 12.9 Å². The number of hydrogen-bond acceptors (Lipinski definition) is 7. The zero-order chi connectivity index (χ0) is 16.0. The van der Waals surface area contributed by atoms with E-state index in [-0.39, 0.29) is 34.2 Å². The van der Waals surface area contributed by atoms with Crippen molar-refractivity contribution >= 4 is 23.2 Å². The first kappa shape index (κ1) is 17.5. The summed E-state index contributed by atoms with van der Waals surface area (Å²) in [5.41, 5.74) is -0.0104. The number of methoxy groups -OCH3 is 1. The number of aldehydes is 1. The van der Waals surface area contributed by atoms with E-state index in [2.05, 4.69) is 0 Å². The van der Waals surface area contributed by atoms with Crippen LogP contribution in [0.3, 0.4) is 0 Å². The minimum atomic E-state index is -1.45. The number of aliphatic hydroxyl groups is 2. The number of aliphatic hydroxyl groups excluding tert-OH is 2. The predicted molar refractivity (Wildman–Crippen MR) is 78.8 cm³/mol. The van der Waals surface area contributed by atoms with Crippen LogP contribution in [0.15, 0.2) is 12.1 Å². The Bertz CT molecular complexity index is 516. The van der Waals surface area contributed by atoms with Crippen LogP contribution in [-0.2, 0) is 4.79 Å². The van der Waals surface area contributed by atoms with Crippen LogP contribution in [0.1, 0.15) is 35.4 Å². The summed E-state index contributed by atoms with van der Waals surface area (Å²) >= 11 is 1.03. The van der Waals surface area contributed by atoms with Crippen molar-refractivity contribution in [2.24, 2.45) is 0 Å². The Balaban J connectivity index is 2.96. The summed E-state index contributed by atoms with van der Waals surface area (Å²) in [7, 11) is 1.34. The molecule has 0 aliphatic rings. The average Bonchev–Trinajstić information content (AvgIpc) is 2.45. The Hall–Kier alpha value is -1.57. The van der Waals surface area contributed by atoms with Crippen LogP contribution in [0.4, 0.5) is 0 Å². The molecule has 0 aromatic heterocycles. The number of thioether (sulfide) groups is 1. The third-order valence-corrected chi connectivity index (χ3v) is 3.79. The molecule has 1 aromatic rings. The molecule has 0 saturated carbocycles. The highest BCUT2D eigenvalue weighted by Gasteiger charge is 2.26. The highest BCUT2D eigenvalue weighted by molar-refractivity contribution is 8.13. The van der Waals surface area contributed by atoms with E-state index in [4.69, 9.17) is 4.74 Å². The molecule has 3 N–H and O–H groups in total. The zero-order valence-corrected chi connectivity index (χ0v) is 12.6. The van der Waals surface area contributed by atoms with Crippen molar-refractivity contribution in [3.63, 3.8) is 0 Å². The molecule has 0 amide bonds. The fourth-order valence-electron chi connectivity index (χ4n) is 1.86. The van der Waals surface area contributed by atoms with Gasteiger partial charge in [0.25, 0.3) is 0 Å². The number of aromatic hydroxyl groups is 1. The molecule has 2 atom stereocenters. The van der Waals surface area contributed by atoms with Gasteiger partial charge in [0.2, 0.25) is 0 Å². The molecule has 0 spiro atoms. The Labute approximate surface area is 126 Å². The summed E-state index contributed by atoms with van der Waals surface area (Å²) in [6.45, 7) is 1.41. The molecule has 0 bridgehead atoms. The van der Waals surface area contributed by atoms with Crippen LogP contribution in [0, 0.1) is 0 Å². The van der Waals surface area contributed by atoms with Crippen molar-refractivity contribution in [1.29, 1.82) is 0 Å². The Kier molecular flexibility index (Phi) is 6.67. The first-order chi connectivity index (χ1) is 9.92. The van der Waals surface area contributed by atoms with E-state index in [9.17, 15) is 24.9 Å². The molecule has 7 heteroatoms. The molecule has 1 aromatic carbocycles. The van der Waals surface area contributed by atoms with Gasteiger partial charge in [0, 0.05) is 23.8 Å². The van der Waals surface area contributed by atoms with Gasteiger partial charge in [-0.25, -0.2) is 0 Å². The van der Waals surface area contributed by atoms with Crippen molar-refractivity contribution < 1.29 is 29.6 Å². The van der Waals surface area contributed by atoms with Crippen molar-refractivity contribution in [3.8, 4) is 11.5 Å². The van der Waals surface area contributed by atoms with Crippen LogP contribution >= 0.6 is 11.8 Å². The van der Waals surface area contributed by atoms with Crippen molar-refractivity contribution in [3.05, 3.63) is 23.3 Å². The summed E-state index contributed by atoms with van der Waals surface area (Å²) in [6.07, 6.45) is -2.05. The van der Waals surface area contributed by atoms with Gasteiger partial charge in [-0.1, -0.05) is 11.8 Å². The normalized spacial score (nSPS) is 13.5. The van der Waals surface area contributed by atoms with Gasteiger partial charge >= 0.3 is 0 Å². The van der Waals surface area contributed by atoms with Crippen LogP contribution in [-0.4, -0.2) is 45.7 Å². The number of carbonyl (C=O) groups excluding carboxylic acids is 2. The maximum Gasteiger partial charge on any atom is 0.185 e. The van der Waals surface area contributed by atoms with E-state index in [0.29, 0.717) is 12.0 Å². The lowest BCUT2D eigenvalue weighted by Gasteiger charge is -2.21. The average molecular weight is 314 g/mol. The number of phenols is 1. The Morgan fingerprint density at radius 2 is 2.10 bits per heavy atom. The first-order valence-electron chi connectivity index (χ1n) is 6.26. The number of benzene rings is 1. The predicted octanol–water partition coefficient (Wildman–Crippen LogP) is 1.28. The van der Waals surface area contributed by atoms with Gasteiger partial charge in [-0.15, -0.1) is 0 Å². The fraction of sp³-hybridized carbons (Fsp3) is 0.429. The minimum Gasteiger partial charge on any atom is -0.504 e. The zero-order valence-electron chi connectivity index (χ0n) is 11.8. The molecule has 116 valence electrons. The van der Waals surface area contributed by atoms with Crippen LogP contribution in [0.2, 0.25) is 0 Å². The van der Waals surface area contributed by atoms with Gasteiger partial charge in [-0.3, -0.25) is 9.59 Å². The number of hydrogen-bond donors (Lipinski definition) is 3. The topological polar surface area (TPSA) is 104 Å². The van der Waals surface area contributed by atoms with E-state index in [1.807, 2.05) is 0 Å². The summed E-state index contributed by atoms with van der Waals surface area (Å²) in [5.74, 6) is 0.0437. The third kappa shape index (κ3) is 4.45. The number of ether oxygens (including phenoxy) is 1. The molecule has 0 heterocycles. The lowest BCUT2D eigenvalue weighted by atomic mass is 9.96. The second-order valence-corrected chi connectivity index (χ2v) is 5.65. The molecular weight excluding hydrogens is 296 g/mol. The minimum absolute atomic E-state index is 0.0686. The number of phenolic OH excluding ortho intramolecular Hbond substituents is 1. The van der Waals surface area contributed by atoms with E-state index in [0.717, 1.165) is 11.8 Å². The molecular formula is C14H18O6S. The standard InChI is InChI=1S/C14H18O6S/c1-8(16)21-6-5-10(17)13(18)12-9(7-15)3-4-11(20-2)14(12)19/h3-4,7,10,13,17-19H,5-6H2,1-2H3. The Morgan fingerprint density at radius 3 is 2.62 bits per heavy atom. The number of rotatable bonds is 7. The molecule has 0 radical (unpaired) electrons. The van der Waals surface area contributed by atoms with Gasteiger partial charge in [0.15, 0.2) is 22.9 Å². The van der Waals surface area contributed by atoms with Gasteiger partial charge < -0.3 is 20.1 Å². The maximum atomic E-state index is 11.0. The molecule has 2 unspecified atom stereocenters. The first-order valence-corrected chi connectivity index (χ1v) is 7.25. The van der Waals surface area contributed by atoms with Gasteiger partial charge in [0.1, 0.15) is 6.10 Å². The summed E-state index contributed by atoms with van der Waals surface area (Å²) in [6, 6.07) is 2.79. The highest BCUT2D eigenvalue weighted by atomic mass is 32.2. The largest absolute Gasteiger partial charge is 0.504 e. The number of carbonyl (C=O) groups is 2. The van der Waals surface area contributed by atoms with Gasteiger partial charge in [-0.2, -0.15) is 0 Å². The molecule has 6 nitrogen and oxygen atoms in total. The lowest BCUT2D eigenvalue weighted by Crippen LogP contribution is -2.20. The van der Waals surface area contributed by atoms with Gasteiger partial charge in [-0.05, 0) is 18.6 Å². The molecule has 0 aliphatic carbocycles. The van der Waals surface area contributed by atoms with E-state index >= 15 is 0 Å². The maximum absolute atomic E-state index is 11.0. The lowest BCUT2D eigenvalue weighted by molar-refractivity contribution is -0.109. The van der Waals surface area contributed by atoms with Crippen LogP contribution in [0.5, 0.6) is 11.5 Å². The summed E-state index contributed by atoms with van der Waals surface area (Å²) in [4.78, 5) is 21.8. The monoisotopic (exact) mass is 314 g/mol. The smallest absolute Gasteiger partial charge is 0.185 e. The Morgan fingerprint density at radius 1 is 1.43 bits per heavy atom. The van der Waals surface area contributed by atoms with E-state index in [1.165, 1.54) is 26.2 Å². The quantitative estimate of drug-likeness (QED) is 0.651. The van der Waals surface area contributed by atoms with Gasteiger partial charge in [0.05, 0.1) is 13.2 Å². The molecule has 21 heavy (non-hydrogen) atoms. The van der Waals surface area contributed by atoms with E-state index < -0.39 is 12.2 Å². The summed E-state index contributed by atoms with van der Waals surface area (Å²) in [5, 5.41) is 30.0. The van der Waals surface area contributed by atoms with E-state index in [1.54, 1.807) is 0 Å². The molecule has 0 aliphatic heterocycles. The fourth-order valence-corrected chi connectivity index (χ4v) is 2.50. The molecule has 1 rings (SSSR count). The third-order valence-electron chi connectivity index (χ3n) is 2.94. The SMILES string of the molecule is COc1ccc(C=O)c(C(O)C(O)CCSC(C)=O)c1O. The summed E-state index contributed by atoms with van der Waals surface area (Å²) < 4.78 is 4.92. The second kappa shape index (κ2) is 8.02. The van der Waals surface area contributed by atoms with Crippen molar-refractivity contribution in [1.82, 2.24) is 0 Å². The van der Waals surface area contributed by atoms with Crippen molar-refractivity contribution in [2.45, 2.75) is 25.6 Å². The molecule has 0 fully saturated rings. The highest BCUT2D eigenvalue weighted by Crippen LogP contribution is 2.37. The second-order valence-electron chi connectivity index (χ2n) is 4.38. The molecule has 0 saturated heterocycles. The van der Waals surface area contributed by atoms with Crippen LogP contribution < -0.4 is 4.74 Å². The van der Waals surface area contributed by atoms with Crippen LogP contribution in [0.25, 0.3) is 0 Å².